The Morgan fingerprint density at radius 2 is 1.79 bits per heavy atom. The maximum Gasteiger partial charge on any atom is 0.303 e. The third-order valence-electron chi connectivity index (χ3n) is 3.55. The molecular weight excluding hydrogens is 306 g/mol. The van der Waals surface area contributed by atoms with E-state index >= 15 is 0 Å². The number of anilines is 1. The zero-order chi connectivity index (χ0) is 17.5. The van der Waals surface area contributed by atoms with Gasteiger partial charge in [0.05, 0.1) is 6.61 Å². The van der Waals surface area contributed by atoms with E-state index in [0.29, 0.717) is 30.0 Å². The number of carbonyl (C=O) groups is 2. The largest absolute Gasteiger partial charge is 0.494 e. The average Bonchev–Trinajstić information content (AvgIpc) is 2.55. The van der Waals surface area contributed by atoms with Crippen molar-refractivity contribution < 1.29 is 19.4 Å². The van der Waals surface area contributed by atoms with Crippen molar-refractivity contribution in [3.05, 3.63) is 59.2 Å². The van der Waals surface area contributed by atoms with Crippen LogP contribution in [0, 0.1) is 13.8 Å². The number of aliphatic carboxylic acids is 1. The first kappa shape index (κ1) is 17.5. The summed E-state index contributed by atoms with van der Waals surface area (Å²) < 4.78 is 5.46. The Kier molecular flexibility index (Phi) is 5.95. The molecule has 0 aliphatic rings. The molecule has 2 aromatic carbocycles. The second-order valence-electron chi connectivity index (χ2n) is 5.64. The topological polar surface area (TPSA) is 75.6 Å². The quantitative estimate of drug-likeness (QED) is 0.759. The predicted molar refractivity (Wildman–Crippen MR) is 92.7 cm³/mol. The first-order chi connectivity index (χ1) is 11.5. The average molecular weight is 327 g/mol. The molecule has 0 bridgehead atoms. The molecule has 2 aromatic rings. The van der Waals surface area contributed by atoms with Crippen molar-refractivity contribution in [1.29, 1.82) is 0 Å². The molecule has 0 aliphatic carbocycles. The summed E-state index contributed by atoms with van der Waals surface area (Å²) in [5.41, 5.74) is 3.30. The number of hydrogen-bond donors (Lipinski definition) is 2. The Balaban J connectivity index is 1.92. The first-order valence-corrected chi connectivity index (χ1v) is 7.79. The smallest absolute Gasteiger partial charge is 0.303 e. The molecule has 2 rings (SSSR count). The molecule has 0 spiro atoms. The summed E-state index contributed by atoms with van der Waals surface area (Å²) in [7, 11) is 0. The lowest BCUT2D eigenvalue weighted by Crippen LogP contribution is -2.13. The van der Waals surface area contributed by atoms with Crippen LogP contribution in [0.2, 0.25) is 0 Å². The number of benzene rings is 2. The lowest BCUT2D eigenvalue weighted by atomic mass is 10.1. The summed E-state index contributed by atoms with van der Waals surface area (Å²) in [6, 6.07) is 12.8. The lowest BCUT2D eigenvalue weighted by molar-refractivity contribution is -0.137. The van der Waals surface area contributed by atoms with Crippen molar-refractivity contribution in [3.63, 3.8) is 0 Å². The van der Waals surface area contributed by atoms with Gasteiger partial charge >= 0.3 is 5.97 Å². The second kappa shape index (κ2) is 8.15. The van der Waals surface area contributed by atoms with E-state index in [0.717, 1.165) is 11.1 Å². The maximum atomic E-state index is 12.3. The highest BCUT2D eigenvalue weighted by Gasteiger charge is 2.09. The number of rotatable bonds is 7. The summed E-state index contributed by atoms with van der Waals surface area (Å²) >= 11 is 0. The van der Waals surface area contributed by atoms with Crippen LogP contribution >= 0.6 is 0 Å². The highest BCUT2D eigenvalue weighted by atomic mass is 16.5. The van der Waals surface area contributed by atoms with Gasteiger partial charge in [-0.3, -0.25) is 9.59 Å². The van der Waals surface area contributed by atoms with E-state index < -0.39 is 5.97 Å². The van der Waals surface area contributed by atoms with Gasteiger partial charge in [-0.1, -0.05) is 17.7 Å². The summed E-state index contributed by atoms with van der Waals surface area (Å²) in [5.74, 6) is -0.334. The van der Waals surface area contributed by atoms with Gasteiger partial charge in [-0.05, 0) is 56.2 Å². The number of amides is 1. The summed E-state index contributed by atoms with van der Waals surface area (Å²) in [4.78, 5) is 22.8. The summed E-state index contributed by atoms with van der Waals surface area (Å²) in [6.45, 7) is 4.20. The van der Waals surface area contributed by atoms with Crippen molar-refractivity contribution in [2.75, 3.05) is 11.9 Å². The van der Waals surface area contributed by atoms with Gasteiger partial charge < -0.3 is 15.2 Å². The van der Waals surface area contributed by atoms with Crippen LogP contribution in [0.3, 0.4) is 0 Å². The number of hydrogen-bond acceptors (Lipinski definition) is 3. The van der Waals surface area contributed by atoms with Crippen LogP contribution in [0.4, 0.5) is 5.69 Å². The Hall–Kier alpha value is -2.82. The number of carboxylic acids is 1. The molecule has 5 heteroatoms. The molecule has 0 fully saturated rings. The van der Waals surface area contributed by atoms with E-state index in [4.69, 9.17) is 9.84 Å². The second-order valence-corrected chi connectivity index (χ2v) is 5.64. The van der Waals surface area contributed by atoms with Crippen LogP contribution in [0.15, 0.2) is 42.5 Å². The minimum atomic E-state index is -0.830. The van der Waals surface area contributed by atoms with Gasteiger partial charge in [0.2, 0.25) is 0 Å². The lowest BCUT2D eigenvalue weighted by Gasteiger charge is -2.10. The third kappa shape index (κ3) is 5.12. The van der Waals surface area contributed by atoms with Crippen molar-refractivity contribution in [3.8, 4) is 5.75 Å². The monoisotopic (exact) mass is 327 g/mol. The standard InChI is InChI=1S/C19H21NO4/c1-13-5-6-14(2)17(12-13)19(23)20-15-7-9-16(10-8-15)24-11-3-4-18(21)22/h5-10,12H,3-4,11H2,1-2H3,(H,20,23)(H,21,22). The van der Waals surface area contributed by atoms with Crippen molar-refractivity contribution in [2.45, 2.75) is 26.7 Å². The molecule has 24 heavy (non-hydrogen) atoms. The molecule has 0 aliphatic heterocycles. The van der Waals surface area contributed by atoms with E-state index in [2.05, 4.69) is 5.32 Å². The van der Waals surface area contributed by atoms with Gasteiger partial charge in [0.15, 0.2) is 0 Å². The zero-order valence-corrected chi connectivity index (χ0v) is 13.8. The molecule has 0 saturated heterocycles. The van der Waals surface area contributed by atoms with Gasteiger partial charge in [-0.25, -0.2) is 0 Å². The van der Waals surface area contributed by atoms with Gasteiger partial charge in [-0.15, -0.1) is 0 Å². The normalized spacial score (nSPS) is 10.2. The number of ether oxygens (including phenoxy) is 1. The van der Waals surface area contributed by atoms with E-state index in [1.165, 1.54) is 0 Å². The molecule has 2 N–H and O–H groups in total. The molecule has 0 atom stereocenters. The molecule has 0 heterocycles. The Bertz CT molecular complexity index is 723. The SMILES string of the molecule is Cc1ccc(C)c(C(=O)Nc2ccc(OCCCC(=O)O)cc2)c1. The maximum absolute atomic E-state index is 12.3. The fraction of sp³-hybridized carbons (Fsp3) is 0.263. The molecule has 0 unspecified atom stereocenters. The van der Waals surface area contributed by atoms with Gasteiger partial charge in [0.25, 0.3) is 5.91 Å². The van der Waals surface area contributed by atoms with Crippen molar-refractivity contribution in [2.24, 2.45) is 0 Å². The molecular formula is C19H21NO4. The van der Waals surface area contributed by atoms with E-state index in [1.54, 1.807) is 24.3 Å². The fourth-order valence-corrected chi connectivity index (χ4v) is 2.23. The molecule has 0 aromatic heterocycles. The van der Waals surface area contributed by atoms with Gasteiger partial charge in [-0.2, -0.15) is 0 Å². The predicted octanol–water partition coefficient (Wildman–Crippen LogP) is 3.80. The number of carbonyl (C=O) groups excluding carboxylic acids is 1. The van der Waals surface area contributed by atoms with Crippen LogP contribution in [0.1, 0.15) is 34.3 Å². The third-order valence-corrected chi connectivity index (χ3v) is 3.55. The first-order valence-electron chi connectivity index (χ1n) is 7.79. The number of carboxylic acid groups (broad SMARTS) is 1. The molecule has 126 valence electrons. The Labute approximate surface area is 141 Å². The molecule has 0 saturated carbocycles. The van der Waals surface area contributed by atoms with Gasteiger partial charge in [0.1, 0.15) is 5.75 Å². The summed E-state index contributed by atoms with van der Waals surface area (Å²) in [6.07, 6.45) is 0.546. The minimum Gasteiger partial charge on any atom is -0.494 e. The molecule has 5 nitrogen and oxygen atoms in total. The van der Waals surface area contributed by atoms with Crippen LogP contribution in [-0.2, 0) is 4.79 Å². The van der Waals surface area contributed by atoms with Gasteiger partial charge in [0, 0.05) is 17.7 Å². The minimum absolute atomic E-state index is 0.0873. The fourth-order valence-electron chi connectivity index (χ4n) is 2.23. The van der Waals surface area contributed by atoms with E-state index in [-0.39, 0.29) is 12.3 Å². The Morgan fingerprint density at radius 3 is 2.46 bits per heavy atom. The van der Waals surface area contributed by atoms with E-state index in [1.807, 2.05) is 32.0 Å². The highest BCUT2D eigenvalue weighted by Crippen LogP contribution is 2.18. The zero-order valence-electron chi connectivity index (χ0n) is 13.8. The van der Waals surface area contributed by atoms with Crippen LogP contribution in [0.5, 0.6) is 5.75 Å². The molecule has 0 radical (unpaired) electrons. The summed E-state index contributed by atoms with van der Waals surface area (Å²) in [5, 5.41) is 11.4. The van der Waals surface area contributed by atoms with E-state index in [9.17, 15) is 9.59 Å². The van der Waals surface area contributed by atoms with Crippen LogP contribution < -0.4 is 10.1 Å². The number of aryl methyl sites for hydroxylation is 2. The van der Waals surface area contributed by atoms with Crippen LogP contribution in [0.25, 0.3) is 0 Å². The van der Waals surface area contributed by atoms with Crippen LogP contribution in [-0.4, -0.2) is 23.6 Å². The van der Waals surface area contributed by atoms with Crippen molar-refractivity contribution >= 4 is 17.6 Å². The van der Waals surface area contributed by atoms with Crippen molar-refractivity contribution in [1.82, 2.24) is 0 Å². The molecule has 1 amide bonds. The Morgan fingerprint density at radius 1 is 1.08 bits per heavy atom. The highest BCUT2D eigenvalue weighted by molar-refractivity contribution is 6.05. The number of nitrogens with one attached hydrogen (secondary N) is 1.